The van der Waals surface area contributed by atoms with Crippen molar-refractivity contribution in [3.63, 3.8) is 0 Å². The summed E-state index contributed by atoms with van der Waals surface area (Å²) in [6.45, 7) is 5.06. The van der Waals surface area contributed by atoms with Crippen LogP contribution in [0.4, 0.5) is 10.7 Å². The fourth-order valence-electron chi connectivity index (χ4n) is 1.69. The molecule has 0 spiro atoms. The van der Waals surface area contributed by atoms with Crippen molar-refractivity contribution in [1.82, 2.24) is 9.97 Å². The predicted molar refractivity (Wildman–Crippen MR) is 58.2 cm³/mol. The smallest absolute Gasteiger partial charge is 0.404 e. The van der Waals surface area contributed by atoms with E-state index in [9.17, 15) is 4.79 Å². The lowest BCUT2D eigenvalue weighted by molar-refractivity contribution is 0.0882. The second-order valence-corrected chi connectivity index (χ2v) is 3.91. The maximum Gasteiger partial charge on any atom is 0.404 e. The van der Waals surface area contributed by atoms with Crippen LogP contribution in [0.15, 0.2) is 6.07 Å². The average Bonchev–Trinajstić information content (AvgIpc) is 2.08. The zero-order chi connectivity index (χ0) is 11.7. The van der Waals surface area contributed by atoms with Crippen LogP contribution in [0.25, 0.3) is 0 Å². The summed E-state index contributed by atoms with van der Waals surface area (Å²) >= 11 is 0. The fraction of sp³-hybridized carbons (Fsp3) is 0.500. The molecule has 2 rings (SSSR count). The van der Waals surface area contributed by atoms with E-state index >= 15 is 0 Å². The molecule has 0 aromatic carbocycles. The molecule has 1 fully saturated rings. The molecule has 1 aliphatic heterocycles. The first-order valence-corrected chi connectivity index (χ1v) is 5.08. The largest absolute Gasteiger partial charge is 0.443 e. The Labute approximate surface area is 93.4 Å². The molecule has 0 radical (unpaired) electrons. The molecule has 86 valence electrons. The van der Waals surface area contributed by atoms with E-state index in [1.165, 1.54) is 0 Å². The fourth-order valence-corrected chi connectivity index (χ4v) is 1.69. The van der Waals surface area contributed by atoms with E-state index in [1.54, 1.807) is 0 Å². The minimum atomic E-state index is -0.731. The number of ether oxygens (including phenoxy) is 1. The first-order chi connectivity index (χ1) is 7.54. The SMILES string of the molecule is Cc1cc(C)nc(N2CC(OC(N)=O)C2)n1. The number of nitrogens with zero attached hydrogens (tertiary/aromatic N) is 3. The summed E-state index contributed by atoms with van der Waals surface area (Å²) in [6, 6.07) is 1.92. The summed E-state index contributed by atoms with van der Waals surface area (Å²) in [5.41, 5.74) is 6.79. The molecule has 0 saturated carbocycles. The standard InChI is InChI=1S/C10H14N4O2/c1-6-3-7(2)13-10(12-6)14-4-8(5-14)16-9(11)15/h3,8H,4-5H2,1-2H3,(H2,11,15). The number of aromatic nitrogens is 2. The number of carbonyl (C=O) groups excluding carboxylic acids is 1. The molecule has 0 unspecified atom stereocenters. The number of amides is 1. The van der Waals surface area contributed by atoms with Crippen molar-refractivity contribution >= 4 is 12.0 Å². The number of primary amides is 1. The van der Waals surface area contributed by atoms with Crippen molar-refractivity contribution in [2.45, 2.75) is 20.0 Å². The lowest BCUT2D eigenvalue weighted by Crippen LogP contribution is -2.54. The van der Waals surface area contributed by atoms with Crippen LogP contribution in [-0.4, -0.2) is 35.3 Å². The van der Waals surface area contributed by atoms with Crippen LogP contribution in [0.5, 0.6) is 0 Å². The molecule has 0 bridgehead atoms. The Morgan fingerprint density at radius 2 is 2.00 bits per heavy atom. The van der Waals surface area contributed by atoms with Gasteiger partial charge >= 0.3 is 6.09 Å². The van der Waals surface area contributed by atoms with Gasteiger partial charge in [0.05, 0.1) is 13.1 Å². The van der Waals surface area contributed by atoms with Gasteiger partial charge in [-0.1, -0.05) is 0 Å². The predicted octanol–water partition coefficient (Wildman–Crippen LogP) is 0.377. The summed E-state index contributed by atoms with van der Waals surface area (Å²) in [4.78, 5) is 21.1. The van der Waals surface area contributed by atoms with E-state index in [0.29, 0.717) is 19.0 Å². The van der Waals surface area contributed by atoms with E-state index in [-0.39, 0.29) is 6.10 Å². The van der Waals surface area contributed by atoms with Crippen LogP contribution in [0.3, 0.4) is 0 Å². The molecule has 6 heteroatoms. The molecule has 1 amide bonds. The van der Waals surface area contributed by atoms with E-state index in [1.807, 2.05) is 24.8 Å². The summed E-state index contributed by atoms with van der Waals surface area (Å²) in [7, 11) is 0. The Balaban J connectivity index is 1.98. The Hall–Kier alpha value is -1.85. The molecule has 1 saturated heterocycles. The van der Waals surface area contributed by atoms with Gasteiger partial charge in [-0.2, -0.15) is 0 Å². The summed E-state index contributed by atoms with van der Waals surface area (Å²) < 4.78 is 4.84. The maximum absolute atomic E-state index is 10.5. The summed E-state index contributed by atoms with van der Waals surface area (Å²) in [5, 5.41) is 0. The van der Waals surface area contributed by atoms with Gasteiger partial charge in [-0.05, 0) is 19.9 Å². The Bertz CT molecular complexity index is 395. The lowest BCUT2D eigenvalue weighted by Gasteiger charge is -2.38. The second-order valence-electron chi connectivity index (χ2n) is 3.91. The third-order valence-corrected chi connectivity index (χ3v) is 2.38. The zero-order valence-electron chi connectivity index (χ0n) is 9.30. The lowest BCUT2D eigenvalue weighted by atomic mass is 10.2. The van der Waals surface area contributed by atoms with Crippen LogP contribution in [0, 0.1) is 13.8 Å². The first kappa shape index (κ1) is 10.7. The molecular formula is C10H14N4O2. The second kappa shape index (κ2) is 3.96. The molecule has 1 aromatic rings. The van der Waals surface area contributed by atoms with Crippen LogP contribution < -0.4 is 10.6 Å². The summed E-state index contributed by atoms with van der Waals surface area (Å²) in [6.07, 6.45) is -0.868. The molecule has 1 aliphatic rings. The first-order valence-electron chi connectivity index (χ1n) is 5.08. The van der Waals surface area contributed by atoms with Gasteiger partial charge in [0.1, 0.15) is 6.10 Å². The zero-order valence-corrected chi connectivity index (χ0v) is 9.30. The van der Waals surface area contributed by atoms with Gasteiger partial charge in [-0.3, -0.25) is 0 Å². The van der Waals surface area contributed by atoms with E-state index < -0.39 is 6.09 Å². The minimum absolute atomic E-state index is 0.137. The van der Waals surface area contributed by atoms with Gasteiger partial charge < -0.3 is 15.4 Å². The maximum atomic E-state index is 10.5. The highest BCUT2D eigenvalue weighted by Crippen LogP contribution is 2.19. The number of aryl methyl sites for hydroxylation is 2. The van der Waals surface area contributed by atoms with Crippen LogP contribution in [0.1, 0.15) is 11.4 Å². The molecular weight excluding hydrogens is 208 g/mol. The quantitative estimate of drug-likeness (QED) is 0.782. The molecule has 16 heavy (non-hydrogen) atoms. The van der Waals surface area contributed by atoms with Crippen LogP contribution in [0.2, 0.25) is 0 Å². The summed E-state index contributed by atoms with van der Waals surface area (Å²) in [5.74, 6) is 0.682. The van der Waals surface area contributed by atoms with Gasteiger partial charge in [-0.25, -0.2) is 14.8 Å². The number of rotatable bonds is 2. The highest BCUT2D eigenvalue weighted by Gasteiger charge is 2.31. The number of hydrogen-bond acceptors (Lipinski definition) is 5. The average molecular weight is 222 g/mol. The number of nitrogens with two attached hydrogens (primary N) is 1. The van der Waals surface area contributed by atoms with E-state index in [4.69, 9.17) is 10.5 Å². The molecule has 6 nitrogen and oxygen atoms in total. The molecule has 1 aromatic heterocycles. The van der Waals surface area contributed by atoms with Crippen molar-refractivity contribution in [2.24, 2.45) is 5.73 Å². The van der Waals surface area contributed by atoms with Crippen LogP contribution in [-0.2, 0) is 4.74 Å². The van der Waals surface area contributed by atoms with Gasteiger partial charge in [0.25, 0.3) is 0 Å². The van der Waals surface area contributed by atoms with Crippen molar-refractivity contribution in [3.05, 3.63) is 17.5 Å². The van der Waals surface area contributed by atoms with E-state index in [2.05, 4.69) is 9.97 Å². The van der Waals surface area contributed by atoms with Gasteiger partial charge in [0, 0.05) is 11.4 Å². The Morgan fingerprint density at radius 1 is 1.44 bits per heavy atom. The van der Waals surface area contributed by atoms with Crippen molar-refractivity contribution in [2.75, 3.05) is 18.0 Å². The van der Waals surface area contributed by atoms with Crippen molar-refractivity contribution in [3.8, 4) is 0 Å². The molecule has 0 aliphatic carbocycles. The normalized spacial score (nSPS) is 15.8. The minimum Gasteiger partial charge on any atom is -0.443 e. The molecule has 2 N–H and O–H groups in total. The Kier molecular flexibility index (Phi) is 2.64. The highest BCUT2D eigenvalue weighted by molar-refractivity contribution is 5.65. The van der Waals surface area contributed by atoms with Gasteiger partial charge in [-0.15, -0.1) is 0 Å². The number of anilines is 1. The third-order valence-electron chi connectivity index (χ3n) is 2.38. The Morgan fingerprint density at radius 3 is 2.50 bits per heavy atom. The highest BCUT2D eigenvalue weighted by atomic mass is 16.6. The third kappa shape index (κ3) is 2.21. The van der Waals surface area contributed by atoms with Crippen LogP contribution >= 0.6 is 0 Å². The number of carbonyl (C=O) groups is 1. The van der Waals surface area contributed by atoms with Crippen molar-refractivity contribution < 1.29 is 9.53 Å². The molecule has 2 heterocycles. The molecule has 0 atom stereocenters. The number of hydrogen-bond donors (Lipinski definition) is 1. The van der Waals surface area contributed by atoms with Crippen molar-refractivity contribution in [1.29, 1.82) is 0 Å². The monoisotopic (exact) mass is 222 g/mol. The van der Waals surface area contributed by atoms with E-state index in [0.717, 1.165) is 11.4 Å². The van der Waals surface area contributed by atoms with Gasteiger partial charge in [0.15, 0.2) is 0 Å². The topological polar surface area (TPSA) is 81.3 Å². The van der Waals surface area contributed by atoms with Gasteiger partial charge in [0.2, 0.25) is 5.95 Å².